The second-order valence-electron chi connectivity index (χ2n) is 2.99. The lowest BCUT2D eigenvalue weighted by molar-refractivity contribution is -0.139. The van der Waals surface area contributed by atoms with Crippen molar-refractivity contribution in [2.75, 3.05) is 18.1 Å². The summed E-state index contributed by atoms with van der Waals surface area (Å²) >= 11 is 3.28. The fourth-order valence-electron chi connectivity index (χ4n) is 1.04. The molecular weight excluding hydrogens is 230 g/mol. The summed E-state index contributed by atoms with van der Waals surface area (Å²) in [6.45, 7) is 4.28. The predicted molar refractivity (Wildman–Crippen MR) is 64.5 cm³/mol. The second kappa shape index (κ2) is 6.85. The number of esters is 1. The molecule has 1 rings (SSSR count). The average molecular weight is 245 g/mol. The Morgan fingerprint density at radius 2 is 2.47 bits per heavy atom. The summed E-state index contributed by atoms with van der Waals surface area (Å²) in [5, 5.41) is 3.19. The quantitative estimate of drug-likeness (QED) is 0.569. The summed E-state index contributed by atoms with van der Waals surface area (Å²) in [5.74, 6) is 1.24. The molecule has 0 aliphatic rings. The van der Waals surface area contributed by atoms with Gasteiger partial charge in [0.1, 0.15) is 0 Å². The van der Waals surface area contributed by atoms with Crippen LogP contribution in [0.5, 0.6) is 0 Å². The first-order valence-electron chi connectivity index (χ1n) is 4.86. The number of hydrogen-bond donors (Lipinski definition) is 0. The second-order valence-corrected chi connectivity index (χ2v) is 5.04. The van der Waals surface area contributed by atoms with Crippen LogP contribution < -0.4 is 0 Å². The Kier molecular flexibility index (Phi) is 5.71. The van der Waals surface area contributed by atoms with E-state index in [0.717, 1.165) is 22.9 Å². The molecule has 0 saturated carbocycles. The standard InChI is InChI=1S/C10H15NO2S2/c1-3-13-10(12)7-14-5-4-9-11-8(2)6-15-9/h6H,3-5,7H2,1-2H3. The van der Waals surface area contributed by atoms with E-state index in [1.165, 1.54) is 0 Å². The van der Waals surface area contributed by atoms with E-state index in [1.54, 1.807) is 23.1 Å². The summed E-state index contributed by atoms with van der Waals surface area (Å²) in [6, 6.07) is 0. The van der Waals surface area contributed by atoms with Crippen LogP contribution in [0.1, 0.15) is 17.6 Å². The molecule has 15 heavy (non-hydrogen) atoms. The number of ether oxygens (including phenoxy) is 1. The molecule has 0 aliphatic heterocycles. The molecule has 0 N–H and O–H groups in total. The number of aromatic nitrogens is 1. The lowest BCUT2D eigenvalue weighted by atomic mass is 10.5. The highest BCUT2D eigenvalue weighted by Crippen LogP contribution is 2.12. The monoisotopic (exact) mass is 245 g/mol. The van der Waals surface area contributed by atoms with Crippen molar-refractivity contribution >= 4 is 29.1 Å². The van der Waals surface area contributed by atoms with Gasteiger partial charge in [-0.25, -0.2) is 4.98 Å². The van der Waals surface area contributed by atoms with Gasteiger partial charge in [0.05, 0.1) is 17.4 Å². The summed E-state index contributed by atoms with van der Waals surface area (Å²) < 4.78 is 4.83. The van der Waals surface area contributed by atoms with Gasteiger partial charge in [0.15, 0.2) is 0 Å². The third-order valence-corrected chi connectivity index (χ3v) is 3.61. The predicted octanol–water partition coefficient (Wildman–Crippen LogP) is 2.29. The van der Waals surface area contributed by atoms with Crippen molar-refractivity contribution in [1.29, 1.82) is 0 Å². The Labute approximate surface area is 98.2 Å². The number of thioether (sulfide) groups is 1. The number of nitrogens with zero attached hydrogens (tertiary/aromatic N) is 1. The summed E-state index contributed by atoms with van der Waals surface area (Å²) in [4.78, 5) is 15.4. The summed E-state index contributed by atoms with van der Waals surface area (Å²) in [5.41, 5.74) is 1.07. The molecule has 1 aromatic heterocycles. The molecule has 1 heterocycles. The Bertz CT molecular complexity index is 312. The van der Waals surface area contributed by atoms with Crippen LogP contribution in [0.15, 0.2) is 5.38 Å². The number of carbonyl (C=O) groups is 1. The molecule has 0 bridgehead atoms. The van der Waals surface area contributed by atoms with Crippen LogP contribution >= 0.6 is 23.1 Å². The zero-order chi connectivity index (χ0) is 11.1. The SMILES string of the molecule is CCOC(=O)CSCCc1nc(C)cs1. The van der Waals surface area contributed by atoms with E-state index in [9.17, 15) is 4.79 Å². The topological polar surface area (TPSA) is 39.2 Å². The van der Waals surface area contributed by atoms with Crippen molar-refractivity contribution in [2.45, 2.75) is 20.3 Å². The third-order valence-electron chi connectivity index (χ3n) is 1.65. The smallest absolute Gasteiger partial charge is 0.315 e. The Hall–Kier alpha value is -0.550. The van der Waals surface area contributed by atoms with E-state index in [0.29, 0.717) is 12.4 Å². The minimum atomic E-state index is -0.127. The van der Waals surface area contributed by atoms with Gasteiger partial charge < -0.3 is 4.74 Å². The molecule has 0 unspecified atom stereocenters. The molecule has 0 aliphatic carbocycles. The Balaban J connectivity index is 2.09. The molecular formula is C10H15NO2S2. The van der Waals surface area contributed by atoms with Crippen LogP contribution in [0.25, 0.3) is 0 Å². The Morgan fingerprint density at radius 1 is 1.67 bits per heavy atom. The lowest BCUT2D eigenvalue weighted by Crippen LogP contribution is -2.07. The van der Waals surface area contributed by atoms with Crippen molar-refractivity contribution in [3.8, 4) is 0 Å². The molecule has 0 saturated heterocycles. The minimum Gasteiger partial charge on any atom is -0.465 e. The van der Waals surface area contributed by atoms with Crippen LogP contribution in [0.4, 0.5) is 0 Å². The highest BCUT2D eigenvalue weighted by Gasteiger charge is 2.03. The maximum absolute atomic E-state index is 11.0. The number of carbonyl (C=O) groups excluding carboxylic acids is 1. The zero-order valence-corrected chi connectivity index (χ0v) is 10.6. The molecule has 0 spiro atoms. The molecule has 5 heteroatoms. The van der Waals surface area contributed by atoms with Crippen LogP contribution in [-0.4, -0.2) is 29.1 Å². The van der Waals surface area contributed by atoms with Gasteiger partial charge >= 0.3 is 5.97 Å². The van der Waals surface area contributed by atoms with Crippen LogP contribution in [0.2, 0.25) is 0 Å². The van der Waals surface area contributed by atoms with Crippen molar-refractivity contribution in [3.05, 3.63) is 16.1 Å². The maximum atomic E-state index is 11.0. The van der Waals surface area contributed by atoms with Gasteiger partial charge in [0.2, 0.25) is 0 Å². The summed E-state index contributed by atoms with van der Waals surface area (Å²) in [7, 11) is 0. The molecule has 0 atom stereocenters. The van der Waals surface area contributed by atoms with Crippen molar-refractivity contribution in [2.24, 2.45) is 0 Å². The van der Waals surface area contributed by atoms with Crippen LogP contribution in [-0.2, 0) is 16.0 Å². The number of thiazole rings is 1. The third kappa shape index (κ3) is 5.18. The van der Waals surface area contributed by atoms with Gasteiger partial charge in [0.25, 0.3) is 0 Å². The zero-order valence-electron chi connectivity index (χ0n) is 8.99. The van der Waals surface area contributed by atoms with E-state index < -0.39 is 0 Å². The summed E-state index contributed by atoms with van der Waals surface area (Å²) in [6.07, 6.45) is 0.933. The molecule has 3 nitrogen and oxygen atoms in total. The van der Waals surface area contributed by atoms with E-state index in [4.69, 9.17) is 4.74 Å². The van der Waals surface area contributed by atoms with Crippen molar-refractivity contribution < 1.29 is 9.53 Å². The minimum absolute atomic E-state index is 0.127. The van der Waals surface area contributed by atoms with Gasteiger partial charge in [0, 0.05) is 23.2 Å². The number of hydrogen-bond acceptors (Lipinski definition) is 5. The first kappa shape index (κ1) is 12.5. The van der Waals surface area contributed by atoms with Crippen LogP contribution in [0, 0.1) is 6.92 Å². The van der Waals surface area contributed by atoms with E-state index in [-0.39, 0.29) is 5.97 Å². The molecule has 84 valence electrons. The van der Waals surface area contributed by atoms with Crippen LogP contribution in [0.3, 0.4) is 0 Å². The number of aryl methyl sites for hydroxylation is 2. The molecule has 1 aromatic rings. The molecule has 0 fully saturated rings. The normalized spacial score (nSPS) is 10.3. The molecule has 0 aromatic carbocycles. The highest BCUT2D eigenvalue weighted by molar-refractivity contribution is 7.99. The van der Waals surface area contributed by atoms with Gasteiger partial charge in [-0.05, 0) is 13.8 Å². The van der Waals surface area contributed by atoms with Crippen molar-refractivity contribution in [3.63, 3.8) is 0 Å². The van der Waals surface area contributed by atoms with Gasteiger partial charge in [-0.2, -0.15) is 0 Å². The fraction of sp³-hybridized carbons (Fsp3) is 0.600. The van der Waals surface area contributed by atoms with E-state index in [2.05, 4.69) is 4.98 Å². The van der Waals surface area contributed by atoms with E-state index >= 15 is 0 Å². The molecule has 0 amide bonds. The van der Waals surface area contributed by atoms with Gasteiger partial charge in [-0.15, -0.1) is 23.1 Å². The van der Waals surface area contributed by atoms with Gasteiger partial charge in [-0.1, -0.05) is 0 Å². The maximum Gasteiger partial charge on any atom is 0.315 e. The number of rotatable bonds is 6. The largest absolute Gasteiger partial charge is 0.465 e. The molecule has 0 radical (unpaired) electrons. The highest BCUT2D eigenvalue weighted by atomic mass is 32.2. The lowest BCUT2D eigenvalue weighted by Gasteiger charge is -2.00. The Morgan fingerprint density at radius 3 is 3.07 bits per heavy atom. The van der Waals surface area contributed by atoms with E-state index in [1.807, 2.05) is 19.2 Å². The first-order chi connectivity index (χ1) is 7.22. The average Bonchev–Trinajstić information content (AvgIpc) is 2.60. The fourth-order valence-corrected chi connectivity index (χ4v) is 2.67. The first-order valence-corrected chi connectivity index (χ1v) is 6.90. The van der Waals surface area contributed by atoms with Gasteiger partial charge in [-0.3, -0.25) is 4.79 Å². The van der Waals surface area contributed by atoms with Crippen molar-refractivity contribution in [1.82, 2.24) is 4.98 Å².